The minimum Gasteiger partial charge on any atom is -0.434 e. The molecule has 0 saturated carbocycles. The van der Waals surface area contributed by atoms with E-state index < -0.39 is 12.3 Å². The van der Waals surface area contributed by atoms with Gasteiger partial charge in [0.25, 0.3) is 0 Å². The topological polar surface area (TPSA) is 96.6 Å². The van der Waals surface area contributed by atoms with Gasteiger partial charge in [-0.05, 0) is 24.3 Å². The van der Waals surface area contributed by atoms with Gasteiger partial charge < -0.3 is 4.74 Å². The van der Waals surface area contributed by atoms with Gasteiger partial charge in [0.05, 0.1) is 18.2 Å². The van der Waals surface area contributed by atoms with Crippen LogP contribution in [0.2, 0.25) is 0 Å². The van der Waals surface area contributed by atoms with Crippen LogP contribution >= 0.6 is 0 Å². The van der Waals surface area contributed by atoms with E-state index in [0.29, 0.717) is 11.3 Å². The second-order valence-corrected chi connectivity index (χ2v) is 4.97. The molecule has 0 aliphatic carbocycles. The quantitative estimate of drug-likeness (QED) is 0.766. The molecule has 0 aliphatic heterocycles. The van der Waals surface area contributed by atoms with Crippen LogP contribution < -0.4 is 10.4 Å². The van der Waals surface area contributed by atoms with Crippen molar-refractivity contribution in [2.24, 2.45) is 0 Å². The third-order valence-corrected chi connectivity index (χ3v) is 3.39. The lowest BCUT2D eigenvalue weighted by Gasteiger charge is -2.12. The van der Waals surface area contributed by atoms with Gasteiger partial charge in [-0.15, -0.1) is 0 Å². The predicted octanol–water partition coefficient (Wildman–Crippen LogP) is 2.15. The largest absolute Gasteiger partial charge is 0.434 e. The second-order valence-electron chi connectivity index (χ2n) is 4.97. The summed E-state index contributed by atoms with van der Waals surface area (Å²) in [6.45, 7) is -3.13. The number of hydrogen-bond acceptors (Lipinski definition) is 5. The van der Waals surface area contributed by atoms with E-state index in [9.17, 15) is 13.6 Å². The van der Waals surface area contributed by atoms with Gasteiger partial charge >= 0.3 is 12.3 Å². The summed E-state index contributed by atoms with van der Waals surface area (Å²) in [7, 11) is 0. The van der Waals surface area contributed by atoms with Crippen molar-refractivity contribution in [1.29, 1.82) is 5.26 Å². The molecular formula is C16H11F2N5O2. The number of pyridine rings is 1. The molecule has 0 bridgehead atoms. The average molecular weight is 343 g/mol. The number of nitrogens with zero attached hydrogens (tertiary/aromatic N) is 4. The smallest absolute Gasteiger partial charge is 0.387 e. The summed E-state index contributed by atoms with van der Waals surface area (Å²) in [6, 6.07) is 11.1. The number of halogens is 2. The summed E-state index contributed by atoms with van der Waals surface area (Å²) in [5.41, 5.74) is 0.405. The standard InChI is InChI=1S/C16H11F2N5O2/c17-15(18)25-13-7-10(8-19)4-5-11(13)9-23-14(21-22-16(23)24)12-3-1-2-6-20-12/h1-7,15H,9H2,(H,22,24). The van der Waals surface area contributed by atoms with E-state index in [0.717, 1.165) is 0 Å². The number of aromatic nitrogens is 4. The van der Waals surface area contributed by atoms with Gasteiger partial charge in [0.2, 0.25) is 0 Å². The van der Waals surface area contributed by atoms with Gasteiger partial charge in [-0.3, -0.25) is 9.55 Å². The summed E-state index contributed by atoms with van der Waals surface area (Å²) >= 11 is 0. The summed E-state index contributed by atoms with van der Waals surface area (Å²) in [5.74, 6) is 0.0899. The Morgan fingerprint density at radius 3 is 2.84 bits per heavy atom. The first-order chi connectivity index (χ1) is 12.1. The number of alkyl halides is 2. The molecular weight excluding hydrogens is 332 g/mol. The normalized spacial score (nSPS) is 10.6. The number of aromatic amines is 1. The molecule has 2 heterocycles. The molecule has 0 fully saturated rings. The van der Waals surface area contributed by atoms with Crippen molar-refractivity contribution in [3.05, 3.63) is 64.2 Å². The minimum absolute atomic E-state index is 0.0744. The van der Waals surface area contributed by atoms with Crippen molar-refractivity contribution in [2.45, 2.75) is 13.2 Å². The molecule has 25 heavy (non-hydrogen) atoms. The Hall–Kier alpha value is -3.54. The molecule has 1 N–H and O–H groups in total. The maximum atomic E-state index is 12.6. The zero-order valence-corrected chi connectivity index (χ0v) is 12.7. The number of H-pyrrole nitrogens is 1. The molecule has 0 aliphatic rings. The van der Waals surface area contributed by atoms with E-state index in [-0.39, 0.29) is 23.7 Å². The van der Waals surface area contributed by atoms with Crippen LogP contribution in [-0.4, -0.2) is 26.4 Å². The number of rotatable bonds is 5. The maximum absolute atomic E-state index is 12.6. The molecule has 1 aromatic carbocycles. The molecule has 0 spiro atoms. The van der Waals surface area contributed by atoms with Crippen LogP contribution in [0.4, 0.5) is 8.78 Å². The Kier molecular flexibility index (Phi) is 4.52. The predicted molar refractivity (Wildman–Crippen MR) is 83.0 cm³/mol. The summed E-state index contributed by atoms with van der Waals surface area (Å²) in [5, 5.41) is 15.2. The fourth-order valence-corrected chi connectivity index (χ4v) is 2.29. The third kappa shape index (κ3) is 3.53. The average Bonchev–Trinajstić information content (AvgIpc) is 2.97. The van der Waals surface area contributed by atoms with Gasteiger partial charge in [-0.25, -0.2) is 9.89 Å². The molecule has 2 aromatic heterocycles. The molecule has 7 nitrogen and oxygen atoms in total. The zero-order chi connectivity index (χ0) is 17.8. The highest BCUT2D eigenvalue weighted by Crippen LogP contribution is 2.24. The summed E-state index contributed by atoms with van der Waals surface area (Å²) < 4.78 is 31.0. The highest BCUT2D eigenvalue weighted by Gasteiger charge is 2.16. The maximum Gasteiger partial charge on any atom is 0.387 e. The van der Waals surface area contributed by atoms with Crippen LogP contribution in [0.25, 0.3) is 11.5 Å². The van der Waals surface area contributed by atoms with Crippen molar-refractivity contribution in [3.63, 3.8) is 0 Å². The number of nitriles is 1. The number of nitrogens with one attached hydrogen (secondary N) is 1. The number of hydrogen-bond donors (Lipinski definition) is 1. The van der Waals surface area contributed by atoms with Crippen LogP contribution in [0, 0.1) is 11.3 Å². The molecule has 9 heteroatoms. The lowest BCUT2D eigenvalue weighted by atomic mass is 10.1. The van der Waals surface area contributed by atoms with Crippen molar-refractivity contribution >= 4 is 0 Å². The third-order valence-electron chi connectivity index (χ3n) is 3.39. The molecule has 3 rings (SSSR count). The Morgan fingerprint density at radius 1 is 1.32 bits per heavy atom. The van der Waals surface area contributed by atoms with Gasteiger partial charge in [0.1, 0.15) is 11.4 Å². The Balaban J connectivity index is 2.03. The highest BCUT2D eigenvalue weighted by atomic mass is 19.3. The molecule has 0 unspecified atom stereocenters. The van der Waals surface area contributed by atoms with E-state index in [1.54, 1.807) is 24.4 Å². The van der Waals surface area contributed by atoms with E-state index in [1.807, 2.05) is 6.07 Å². The highest BCUT2D eigenvalue weighted by molar-refractivity contribution is 5.49. The first-order valence-electron chi connectivity index (χ1n) is 7.13. The molecule has 3 aromatic rings. The Labute approximate surface area is 140 Å². The molecule has 0 saturated heterocycles. The van der Waals surface area contributed by atoms with Crippen LogP contribution in [0.1, 0.15) is 11.1 Å². The van der Waals surface area contributed by atoms with Crippen LogP contribution in [0.15, 0.2) is 47.4 Å². The van der Waals surface area contributed by atoms with E-state index in [1.165, 1.54) is 22.8 Å². The van der Waals surface area contributed by atoms with Gasteiger partial charge in [0.15, 0.2) is 5.82 Å². The van der Waals surface area contributed by atoms with Crippen LogP contribution in [-0.2, 0) is 6.54 Å². The molecule has 0 amide bonds. The Morgan fingerprint density at radius 2 is 2.16 bits per heavy atom. The number of benzene rings is 1. The number of ether oxygens (including phenoxy) is 1. The van der Waals surface area contributed by atoms with Crippen molar-refractivity contribution < 1.29 is 13.5 Å². The SMILES string of the molecule is N#Cc1ccc(Cn2c(-c3ccccn3)n[nH]c2=O)c(OC(F)F)c1. The van der Waals surface area contributed by atoms with E-state index in [4.69, 9.17) is 5.26 Å². The van der Waals surface area contributed by atoms with E-state index in [2.05, 4.69) is 19.9 Å². The first-order valence-corrected chi connectivity index (χ1v) is 7.13. The summed E-state index contributed by atoms with van der Waals surface area (Å²) in [4.78, 5) is 16.2. The fraction of sp³-hybridized carbons (Fsp3) is 0.125. The second kappa shape index (κ2) is 6.92. The molecule has 126 valence electrons. The molecule has 0 radical (unpaired) electrons. The van der Waals surface area contributed by atoms with Crippen molar-refractivity contribution in [1.82, 2.24) is 19.7 Å². The minimum atomic E-state index is -3.05. The fourth-order valence-electron chi connectivity index (χ4n) is 2.29. The van der Waals surface area contributed by atoms with Gasteiger partial charge in [-0.1, -0.05) is 12.1 Å². The lowest BCUT2D eigenvalue weighted by Crippen LogP contribution is -2.19. The lowest BCUT2D eigenvalue weighted by molar-refractivity contribution is -0.0505. The van der Waals surface area contributed by atoms with Crippen LogP contribution in [0.5, 0.6) is 5.75 Å². The molecule has 0 atom stereocenters. The van der Waals surface area contributed by atoms with Crippen molar-refractivity contribution in [3.8, 4) is 23.3 Å². The van der Waals surface area contributed by atoms with Gasteiger partial charge in [-0.2, -0.15) is 19.1 Å². The van der Waals surface area contributed by atoms with Crippen LogP contribution in [0.3, 0.4) is 0 Å². The van der Waals surface area contributed by atoms with Gasteiger partial charge in [0, 0.05) is 11.8 Å². The Bertz CT molecular complexity index is 976. The zero-order valence-electron chi connectivity index (χ0n) is 12.7. The monoisotopic (exact) mass is 343 g/mol. The van der Waals surface area contributed by atoms with Crippen molar-refractivity contribution in [2.75, 3.05) is 0 Å². The first kappa shape index (κ1) is 16.3. The summed E-state index contributed by atoms with van der Waals surface area (Å²) in [6.07, 6.45) is 1.55. The van der Waals surface area contributed by atoms with E-state index >= 15 is 0 Å².